The van der Waals surface area contributed by atoms with Crippen LogP contribution in [0.2, 0.25) is 0 Å². The molecule has 6 heteroatoms. The van der Waals surface area contributed by atoms with Gasteiger partial charge in [0, 0.05) is 12.5 Å². The van der Waals surface area contributed by atoms with Gasteiger partial charge in [0.2, 0.25) is 0 Å². The molecule has 0 aliphatic rings. The van der Waals surface area contributed by atoms with Crippen LogP contribution in [0.4, 0.5) is 4.39 Å². The average Bonchev–Trinajstić information content (AvgIpc) is 2.89. The lowest BCUT2D eigenvalue weighted by Gasteiger charge is -2.16. The van der Waals surface area contributed by atoms with Crippen molar-refractivity contribution in [3.8, 4) is 0 Å². The zero-order chi connectivity index (χ0) is 14.5. The summed E-state index contributed by atoms with van der Waals surface area (Å²) in [7, 11) is 0. The maximum Gasteiger partial charge on any atom is 0.174 e. The summed E-state index contributed by atoms with van der Waals surface area (Å²) in [6.07, 6.45) is 0.801. The maximum atomic E-state index is 14.1. The van der Waals surface area contributed by atoms with Crippen molar-refractivity contribution in [1.82, 2.24) is 14.7 Å². The normalized spacial score (nSPS) is 12.6. The fourth-order valence-electron chi connectivity index (χ4n) is 1.90. The lowest BCUT2D eigenvalue weighted by atomic mass is 10.1. The van der Waals surface area contributed by atoms with Crippen LogP contribution < -0.4 is 5.32 Å². The standard InChI is InChI=1S/C14H18FN3S2/c1-4-12-17-14(20-18-12)19-13-10(9(3)16-5-2)7-6-8-11(13)15/h6-9,16H,4-5H2,1-3H3. The second-order valence-corrected chi connectivity index (χ2v) is 6.38. The van der Waals surface area contributed by atoms with Gasteiger partial charge in [0.1, 0.15) is 11.6 Å². The first-order valence-corrected chi connectivity index (χ1v) is 8.26. The number of hydrogen-bond acceptors (Lipinski definition) is 5. The molecule has 0 spiro atoms. The molecule has 0 radical (unpaired) electrons. The zero-order valence-electron chi connectivity index (χ0n) is 11.8. The quantitative estimate of drug-likeness (QED) is 0.873. The van der Waals surface area contributed by atoms with Gasteiger partial charge in [0.25, 0.3) is 0 Å². The third kappa shape index (κ3) is 3.56. The minimum Gasteiger partial charge on any atom is -0.310 e. The van der Waals surface area contributed by atoms with E-state index in [1.54, 1.807) is 6.07 Å². The average molecular weight is 311 g/mol. The third-order valence-corrected chi connectivity index (χ3v) is 4.85. The summed E-state index contributed by atoms with van der Waals surface area (Å²) in [5.41, 5.74) is 0.963. The minimum atomic E-state index is -0.203. The Kier molecular flexibility index (Phi) is 5.51. The third-order valence-electron chi connectivity index (χ3n) is 2.93. The van der Waals surface area contributed by atoms with Crippen molar-refractivity contribution in [2.75, 3.05) is 6.54 Å². The molecule has 0 saturated carbocycles. The highest BCUT2D eigenvalue weighted by Gasteiger charge is 2.16. The lowest BCUT2D eigenvalue weighted by Crippen LogP contribution is -2.18. The van der Waals surface area contributed by atoms with Crippen molar-refractivity contribution in [3.63, 3.8) is 0 Å². The first-order chi connectivity index (χ1) is 9.65. The summed E-state index contributed by atoms with van der Waals surface area (Å²) in [6.45, 7) is 6.94. The van der Waals surface area contributed by atoms with Crippen molar-refractivity contribution >= 4 is 23.3 Å². The summed E-state index contributed by atoms with van der Waals surface area (Å²) >= 11 is 2.69. The van der Waals surface area contributed by atoms with Gasteiger partial charge >= 0.3 is 0 Å². The van der Waals surface area contributed by atoms with Crippen LogP contribution in [0.5, 0.6) is 0 Å². The van der Waals surface area contributed by atoms with Crippen LogP contribution in [0.15, 0.2) is 27.4 Å². The Hall–Kier alpha value is -0.980. The molecule has 1 atom stereocenters. The molecule has 1 heterocycles. The van der Waals surface area contributed by atoms with Crippen LogP contribution in [0.25, 0.3) is 0 Å². The highest BCUT2D eigenvalue weighted by atomic mass is 32.2. The van der Waals surface area contributed by atoms with E-state index in [0.29, 0.717) is 4.90 Å². The molecule has 0 aliphatic carbocycles. The fourth-order valence-corrected chi connectivity index (χ4v) is 3.76. The molecule has 1 unspecified atom stereocenters. The Bertz CT molecular complexity index is 571. The van der Waals surface area contributed by atoms with Gasteiger partial charge in [0.15, 0.2) is 4.34 Å². The molecule has 20 heavy (non-hydrogen) atoms. The van der Waals surface area contributed by atoms with E-state index in [-0.39, 0.29) is 11.9 Å². The van der Waals surface area contributed by atoms with Gasteiger partial charge in [-0.1, -0.05) is 37.7 Å². The molecule has 3 nitrogen and oxygen atoms in total. The van der Waals surface area contributed by atoms with Crippen molar-refractivity contribution in [3.05, 3.63) is 35.4 Å². The van der Waals surface area contributed by atoms with E-state index in [1.165, 1.54) is 29.4 Å². The largest absolute Gasteiger partial charge is 0.310 e. The van der Waals surface area contributed by atoms with Gasteiger partial charge < -0.3 is 5.32 Å². The Balaban J connectivity index is 2.29. The number of halogens is 1. The molecule has 0 saturated heterocycles. The summed E-state index contributed by atoms with van der Waals surface area (Å²) < 4.78 is 19.2. The molecule has 108 valence electrons. The molecular formula is C14H18FN3S2. The summed E-state index contributed by atoms with van der Waals surface area (Å²) in [4.78, 5) is 5.03. The van der Waals surface area contributed by atoms with E-state index in [9.17, 15) is 4.39 Å². The van der Waals surface area contributed by atoms with Gasteiger partial charge in [-0.25, -0.2) is 9.37 Å². The van der Waals surface area contributed by atoms with Crippen molar-refractivity contribution in [1.29, 1.82) is 0 Å². The Labute approximate surface area is 127 Å². The van der Waals surface area contributed by atoms with Gasteiger partial charge in [-0.2, -0.15) is 4.37 Å². The molecule has 0 amide bonds. The molecule has 0 bridgehead atoms. The van der Waals surface area contributed by atoms with E-state index in [2.05, 4.69) is 14.7 Å². The van der Waals surface area contributed by atoms with Crippen LogP contribution in [-0.4, -0.2) is 15.9 Å². The van der Waals surface area contributed by atoms with Crippen LogP contribution >= 0.6 is 23.3 Å². The Morgan fingerprint density at radius 3 is 2.85 bits per heavy atom. The maximum absolute atomic E-state index is 14.1. The topological polar surface area (TPSA) is 37.8 Å². The zero-order valence-corrected chi connectivity index (χ0v) is 13.4. The van der Waals surface area contributed by atoms with E-state index < -0.39 is 0 Å². The lowest BCUT2D eigenvalue weighted by molar-refractivity contribution is 0.558. The predicted octanol–water partition coefficient (Wildman–Crippen LogP) is 4.06. The number of rotatable bonds is 6. The number of nitrogens with one attached hydrogen (secondary N) is 1. The molecule has 2 rings (SSSR count). The molecule has 0 fully saturated rings. The molecule has 1 aromatic heterocycles. The number of aromatic nitrogens is 2. The second kappa shape index (κ2) is 7.15. The molecule has 1 N–H and O–H groups in total. The highest BCUT2D eigenvalue weighted by Crippen LogP contribution is 2.36. The predicted molar refractivity (Wildman–Crippen MR) is 81.9 cm³/mol. The van der Waals surface area contributed by atoms with Crippen LogP contribution in [0.1, 0.15) is 38.2 Å². The van der Waals surface area contributed by atoms with E-state index >= 15 is 0 Å². The van der Waals surface area contributed by atoms with Crippen molar-refractivity contribution in [2.24, 2.45) is 0 Å². The number of hydrogen-bond donors (Lipinski definition) is 1. The molecule has 1 aromatic carbocycles. The first-order valence-electron chi connectivity index (χ1n) is 6.67. The van der Waals surface area contributed by atoms with E-state index in [1.807, 2.05) is 26.8 Å². The molecule has 0 aliphatic heterocycles. The van der Waals surface area contributed by atoms with E-state index in [4.69, 9.17) is 0 Å². The number of nitrogens with zero attached hydrogens (tertiary/aromatic N) is 2. The van der Waals surface area contributed by atoms with Crippen molar-refractivity contribution < 1.29 is 4.39 Å². The summed E-state index contributed by atoms with van der Waals surface area (Å²) in [5, 5.41) is 3.32. The molecular weight excluding hydrogens is 293 g/mol. The van der Waals surface area contributed by atoms with Crippen LogP contribution in [0.3, 0.4) is 0 Å². The van der Waals surface area contributed by atoms with Gasteiger partial charge in [-0.15, -0.1) is 0 Å². The smallest absolute Gasteiger partial charge is 0.174 e. The van der Waals surface area contributed by atoms with E-state index in [0.717, 1.165) is 28.7 Å². The fraction of sp³-hybridized carbons (Fsp3) is 0.429. The Morgan fingerprint density at radius 2 is 2.20 bits per heavy atom. The summed E-state index contributed by atoms with van der Waals surface area (Å²) in [6, 6.07) is 5.31. The van der Waals surface area contributed by atoms with Gasteiger partial charge in [0.05, 0.1) is 4.90 Å². The minimum absolute atomic E-state index is 0.108. The Morgan fingerprint density at radius 1 is 1.40 bits per heavy atom. The highest BCUT2D eigenvalue weighted by molar-refractivity contribution is 8.01. The van der Waals surface area contributed by atoms with Gasteiger partial charge in [-0.05, 0) is 36.6 Å². The van der Waals surface area contributed by atoms with Gasteiger partial charge in [-0.3, -0.25) is 0 Å². The second-order valence-electron chi connectivity index (χ2n) is 4.37. The number of benzene rings is 1. The summed E-state index contributed by atoms with van der Waals surface area (Å²) in [5.74, 6) is 0.612. The number of aryl methyl sites for hydroxylation is 1. The van der Waals surface area contributed by atoms with Crippen molar-refractivity contribution in [2.45, 2.75) is 42.5 Å². The molecule has 2 aromatic rings. The first kappa shape index (κ1) is 15.4. The van der Waals surface area contributed by atoms with Crippen LogP contribution in [-0.2, 0) is 6.42 Å². The monoisotopic (exact) mass is 311 g/mol. The SMILES string of the molecule is CCNC(C)c1cccc(F)c1Sc1nc(CC)ns1. The van der Waals surface area contributed by atoms with Crippen LogP contribution in [0, 0.1) is 5.82 Å².